The molecule has 7 nitrogen and oxygen atoms in total. The topological polar surface area (TPSA) is 84.2 Å². The standard InChI is InChI=1S/C15H13FN4O3/c16-10-2-1-3-11-9(10)6-12(18-11)15(21)20-4-5-22-13(7-20)14-17-8-23-19-14/h1-3,6,8,13,18H,4-5,7H2. The van der Waals surface area contributed by atoms with Crippen molar-refractivity contribution in [2.45, 2.75) is 6.10 Å². The van der Waals surface area contributed by atoms with Gasteiger partial charge in [-0.2, -0.15) is 4.98 Å². The Bertz CT molecular complexity index is 846. The first kappa shape index (κ1) is 13.9. The van der Waals surface area contributed by atoms with Gasteiger partial charge < -0.3 is 19.1 Å². The van der Waals surface area contributed by atoms with Crippen LogP contribution in [0.4, 0.5) is 4.39 Å². The number of hydrogen-bond acceptors (Lipinski definition) is 5. The van der Waals surface area contributed by atoms with Gasteiger partial charge in [-0.15, -0.1) is 0 Å². The van der Waals surface area contributed by atoms with Crippen LogP contribution >= 0.6 is 0 Å². The smallest absolute Gasteiger partial charge is 0.270 e. The number of halogens is 1. The van der Waals surface area contributed by atoms with Crippen LogP contribution in [0.1, 0.15) is 22.4 Å². The van der Waals surface area contributed by atoms with Crippen LogP contribution in [-0.2, 0) is 4.74 Å². The fourth-order valence-corrected chi connectivity index (χ4v) is 2.71. The lowest BCUT2D eigenvalue weighted by molar-refractivity contribution is -0.0277. The van der Waals surface area contributed by atoms with Gasteiger partial charge in [-0.3, -0.25) is 4.79 Å². The van der Waals surface area contributed by atoms with Gasteiger partial charge in [0.25, 0.3) is 5.91 Å². The molecule has 1 aromatic carbocycles. The largest absolute Gasteiger partial charge is 0.366 e. The molecule has 1 unspecified atom stereocenters. The van der Waals surface area contributed by atoms with Gasteiger partial charge in [0.1, 0.15) is 17.6 Å². The Hall–Kier alpha value is -2.74. The molecule has 0 bridgehead atoms. The molecule has 4 rings (SSSR count). The van der Waals surface area contributed by atoms with Gasteiger partial charge in [0, 0.05) is 17.4 Å². The molecule has 0 spiro atoms. The number of nitrogens with zero attached hydrogens (tertiary/aromatic N) is 3. The quantitative estimate of drug-likeness (QED) is 0.780. The van der Waals surface area contributed by atoms with Crippen molar-refractivity contribution in [2.75, 3.05) is 19.7 Å². The summed E-state index contributed by atoms with van der Waals surface area (Å²) in [5.41, 5.74) is 0.940. The second kappa shape index (κ2) is 5.47. The number of fused-ring (bicyclic) bond motifs is 1. The number of carbonyl (C=O) groups excluding carboxylic acids is 1. The van der Waals surface area contributed by atoms with E-state index in [4.69, 9.17) is 9.26 Å². The van der Waals surface area contributed by atoms with Crippen LogP contribution in [-0.4, -0.2) is 45.6 Å². The van der Waals surface area contributed by atoms with E-state index < -0.39 is 6.10 Å². The predicted molar refractivity (Wildman–Crippen MR) is 77.2 cm³/mol. The van der Waals surface area contributed by atoms with Gasteiger partial charge in [0.2, 0.25) is 12.2 Å². The van der Waals surface area contributed by atoms with Crippen molar-refractivity contribution < 1.29 is 18.4 Å². The molecule has 1 amide bonds. The third-order valence-corrected chi connectivity index (χ3v) is 3.86. The second-order valence-electron chi connectivity index (χ2n) is 5.28. The third kappa shape index (κ3) is 2.46. The lowest BCUT2D eigenvalue weighted by Crippen LogP contribution is -2.42. The Labute approximate surface area is 130 Å². The Morgan fingerprint density at radius 2 is 2.35 bits per heavy atom. The highest BCUT2D eigenvalue weighted by atomic mass is 19.1. The predicted octanol–water partition coefficient (Wildman–Crippen LogP) is 1.90. The number of aromatic amines is 1. The lowest BCUT2D eigenvalue weighted by Gasteiger charge is -2.31. The van der Waals surface area contributed by atoms with Crippen molar-refractivity contribution in [1.29, 1.82) is 0 Å². The van der Waals surface area contributed by atoms with E-state index in [0.717, 1.165) is 0 Å². The van der Waals surface area contributed by atoms with Crippen molar-refractivity contribution in [3.8, 4) is 0 Å². The van der Waals surface area contributed by atoms with Gasteiger partial charge >= 0.3 is 0 Å². The van der Waals surface area contributed by atoms with Crippen molar-refractivity contribution in [3.63, 3.8) is 0 Å². The Morgan fingerprint density at radius 1 is 1.43 bits per heavy atom. The zero-order valence-corrected chi connectivity index (χ0v) is 12.0. The van der Waals surface area contributed by atoms with Crippen LogP contribution in [0.5, 0.6) is 0 Å². The molecule has 118 valence electrons. The van der Waals surface area contributed by atoms with Crippen LogP contribution in [0.15, 0.2) is 35.2 Å². The van der Waals surface area contributed by atoms with E-state index in [0.29, 0.717) is 42.1 Å². The molecule has 3 heterocycles. The summed E-state index contributed by atoms with van der Waals surface area (Å²) in [6, 6.07) is 6.23. The number of morpholine rings is 1. The Morgan fingerprint density at radius 3 is 3.13 bits per heavy atom. The van der Waals surface area contributed by atoms with E-state index in [1.165, 1.54) is 18.5 Å². The van der Waals surface area contributed by atoms with Gasteiger partial charge in [-0.1, -0.05) is 11.2 Å². The highest BCUT2D eigenvalue weighted by molar-refractivity contribution is 5.98. The van der Waals surface area contributed by atoms with Crippen molar-refractivity contribution in [2.24, 2.45) is 0 Å². The fourth-order valence-electron chi connectivity index (χ4n) is 2.71. The molecular formula is C15H13FN4O3. The van der Waals surface area contributed by atoms with E-state index in [-0.39, 0.29) is 11.7 Å². The van der Waals surface area contributed by atoms with Crippen molar-refractivity contribution >= 4 is 16.8 Å². The summed E-state index contributed by atoms with van der Waals surface area (Å²) in [6.45, 7) is 1.14. The number of amides is 1. The maximum absolute atomic E-state index is 13.8. The lowest BCUT2D eigenvalue weighted by atomic mass is 10.2. The van der Waals surface area contributed by atoms with Crippen molar-refractivity contribution in [1.82, 2.24) is 20.0 Å². The molecule has 0 radical (unpaired) electrons. The van der Waals surface area contributed by atoms with Crippen LogP contribution in [0.2, 0.25) is 0 Å². The van der Waals surface area contributed by atoms with Crippen LogP contribution in [0.25, 0.3) is 10.9 Å². The van der Waals surface area contributed by atoms with Crippen LogP contribution < -0.4 is 0 Å². The molecule has 8 heteroatoms. The second-order valence-corrected chi connectivity index (χ2v) is 5.28. The molecule has 0 saturated carbocycles. The summed E-state index contributed by atoms with van der Waals surface area (Å²) in [7, 11) is 0. The molecule has 1 fully saturated rings. The third-order valence-electron chi connectivity index (χ3n) is 3.86. The van der Waals surface area contributed by atoms with Gasteiger partial charge in [-0.25, -0.2) is 4.39 Å². The highest BCUT2D eigenvalue weighted by Crippen LogP contribution is 2.23. The maximum atomic E-state index is 13.8. The monoisotopic (exact) mass is 316 g/mol. The van der Waals surface area contributed by atoms with Gasteiger partial charge in [0.05, 0.1) is 13.2 Å². The summed E-state index contributed by atoms with van der Waals surface area (Å²) >= 11 is 0. The first-order valence-electron chi connectivity index (χ1n) is 7.17. The molecule has 1 aliphatic heterocycles. The number of aromatic nitrogens is 3. The van der Waals surface area contributed by atoms with Crippen LogP contribution in [0.3, 0.4) is 0 Å². The number of carbonyl (C=O) groups is 1. The minimum absolute atomic E-state index is 0.211. The average molecular weight is 316 g/mol. The zero-order chi connectivity index (χ0) is 15.8. The molecule has 0 aliphatic carbocycles. The molecule has 1 atom stereocenters. The van der Waals surface area contributed by atoms with Gasteiger partial charge in [0.15, 0.2) is 0 Å². The minimum Gasteiger partial charge on any atom is -0.366 e. The molecule has 1 N–H and O–H groups in total. The average Bonchev–Trinajstić information content (AvgIpc) is 3.24. The highest BCUT2D eigenvalue weighted by Gasteiger charge is 2.29. The maximum Gasteiger partial charge on any atom is 0.270 e. The summed E-state index contributed by atoms with van der Waals surface area (Å²) in [6.07, 6.45) is 0.799. The molecule has 2 aromatic heterocycles. The normalized spacial score (nSPS) is 18.5. The Balaban J connectivity index is 1.58. The van der Waals surface area contributed by atoms with E-state index in [1.54, 1.807) is 17.0 Å². The number of ether oxygens (including phenoxy) is 1. The first-order chi connectivity index (χ1) is 11.2. The molecule has 1 aliphatic rings. The number of rotatable bonds is 2. The van der Waals surface area contributed by atoms with Gasteiger partial charge in [-0.05, 0) is 18.2 Å². The molecule has 23 heavy (non-hydrogen) atoms. The van der Waals surface area contributed by atoms with E-state index in [2.05, 4.69) is 15.1 Å². The minimum atomic E-state index is -0.424. The SMILES string of the molecule is O=C(c1cc2c(F)cccc2[nH]1)N1CCOC(c2ncon2)C1. The number of nitrogens with one attached hydrogen (secondary N) is 1. The first-order valence-corrected chi connectivity index (χ1v) is 7.17. The summed E-state index contributed by atoms with van der Waals surface area (Å²) in [5.74, 6) is -0.160. The number of benzene rings is 1. The Kier molecular flexibility index (Phi) is 3.30. The van der Waals surface area contributed by atoms with Crippen LogP contribution in [0, 0.1) is 5.82 Å². The molecule has 3 aromatic rings. The van der Waals surface area contributed by atoms with E-state index in [1.807, 2.05) is 0 Å². The fraction of sp³-hybridized carbons (Fsp3) is 0.267. The van der Waals surface area contributed by atoms with E-state index in [9.17, 15) is 9.18 Å². The zero-order valence-electron chi connectivity index (χ0n) is 12.0. The van der Waals surface area contributed by atoms with Crippen molar-refractivity contribution in [3.05, 3.63) is 48.0 Å². The number of H-pyrrole nitrogens is 1. The summed E-state index contributed by atoms with van der Waals surface area (Å²) < 4.78 is 24.0. The molecular weight excluding hydrogens is 303 g/mol. The summed E-state index contributed by atoms with van der Waals surface area (Å²) in [5, 5.41) is 4.15. The molecule has 1 saturated heterocycles. The van der Waals surface area contributed by atoms with E-state index >= 15 is 0 Å². The summed E-state index contributed by atoms with van der Waals surface area (Å²) in [4.78, 5) is 21.2. The number of hydrogen-bond donors (Lipinski definition) is 1.